The summed E-state index contributed by atoms with van der Waals surface area (Å²) in [6.45, 7) is 1.11. The van der Waals surface area contributed by atoms with Gasteiger partial charge in [0.25, 0.3) is 0 Å². The Kier molecular flexibility index (Phi) is 5.97. The Morgan fingerprint density at radius 1 is 1.52 bits per heavy atom. The van der Waals surface area contributed by atoms with Gasteiger partial charge in [-0.15, -0.1) is 12.4 Å². The minimum atomic E-state index is 0. The van der Waals surface area contributed by atoms with Crippen molar-refractivity contribution in [3.05, 3.63) is 39.4 Å². The predicted octanol–water partition coefficient (Wildman–Crippen LogP) is 3.31. The van der Waals surface area contributed by atoms with Gasteiger partial charge in [0, 0.05) is 36.4 Å². The van der Waals surface area contributed by atoms with Crippen LogP contribution in [0.1, 0.15) is 17.3 Å². The van der Waals surface area contributed by atoms with Crippen molar-refractivity contribution in [3.8, 4) is 11.5 Å². The zero-order valence-electron chi connectivity index (χ0n) is 12.7. The number of benzene rings is 1. The normalized spacial score (nSPS) is 16.2. The van der Waals surface area contributed by atoms with Gasteiger partial charge in [0.2, 0.25) is 0 Å². The van der Waals surface area contributed by atoms with E-state index in [4.69, 9.17) is 39.0 Å². The quantitative estimate of drug-likeness (QED) is 0.804. The van der Waals surface area contributed by atoms with Crippen molar-refractivity contribution in [1.82, 2.24) is 9.55 Å². The lowest BCUT2D eigenvalue weighted by atomic mass is 10.0. The molecule has 23 heavy (non-hydrogen) atoms. The predicted molar refractivity (Wildman–Crippen MR) is 95.9 cm³/mol. The highest BCUT2D eigenvalue weighted by molar-refractivity contribution is 7.71. The number of fused-ring (bicyclic) bond motifs is 1. The molecule has 0 saturated carbocycles. The molecule has 1 aromatic carbocycles. The van der Waals surface area contributed by atoms with E-state index in [0.717, 1.165) is 35.6 Å². The maximum absolute atomic E-state index is 6.26. The molecule has 1 atom stereocenters. The number of halogens is 2. The number of aromatic amines is 1. The average Bonchev–Trinajstić information content (AvgIpc) is 2.87. The molecule has 1 aliphatic rings. The number of aromatic nitrogens is 2. The zero-order chi connectivity index (χ0) is 15.7. The fraction of sp³-hybridized carbons (Fsp3) is 0.400. The fourth-order valence-corrected chi connectivity index (χ4v) is 3.48. The Labute approximate surface area is 151 Å². The van der Waals surface area contributed by atoms with Gasteiger partial charge in [0.15, 0.2) is 4.77 Å². The Bertz CT molecular complexity index is 745. The van der Waals surface area contributed by atoms with E-state index in [1.54, 1.807) is 13.2 Å². The first-order valence-electron chi connectivity index (χ1n) is 7.12. The van der Waals surface area contributed by atoms with Crippen LogP contribution in [0, 0.1) is 4.77 Å². The van der Waals surface area contributed by atoms with Gasteiger partial charge < -0.3 is 24.8 Å². The van der Waals surface area contributed by atoms with Gasteiger partial charge in [-0.3, -0.25) is 0 Å². The molecule has 0 aliphatic carbocycles. The van der Waals surface area contributed by atoms with E-state index in [-0.39, 0.29) is 18.4 Å². The molecule has 3 rings (SSSR count). The second-order valence-corrected chi connectivity index (χ2v) is 6.05. The summed E-state index contributed by atoms with van der Waals surface area (Å²) in [5, 5.41) is 0.577. The van der Waals surface area contributed by atoms with E-state index in [9.17, 15) is 0 Å². The molecule has 2 heterocycles. The van der Waals surface area contributed by atoms with Crippen LogP contribution in [0.3, 0.4) is 0 Å². The smallest absolute Gasteiger partial charge is 0.177 e. The summed E-state index contributed by atoms with van der Waals surface area (Å²) in [6, 6.07) is 3.85. The molecule has 8 heteroatoms. The topological polar surface area (TPSA) is 65.2 Å². The van der Waals surface area contributed by atoms with Crippen LogP contribution in [0.4, 0.5) is 0 Å². The van der Waals surface area contributed by atoms with E-state index < -0.39 is 0 Å². The largest absolute Gasteiger partial charge is 0.497 e. The van der Waals surface area contributed by atoms with Crippen molar-refractivity contribution in [3.63, 3.8) is 0 Å². The maximum Gasteiger partial charge on any atom is 0.177 e. The highest BCUT2D eigenvalue weighted by atomic mass is 35.5. The number of hydrogen-bond donors (Lipinski definition) is 2. The zero-order valence-corrected chi connectivity index (χ0v) is 15.1. The Morgan fingerprint density at radius 3 is 3.00 bits per heavy atom. The molecule has 1 aliphatic heterocycles. The number of imidazole rings is 1. The summed E-state index contributed by atoms with van der Waals surface area (Å²) in [4.78, 5) is 3.09. The van der Waals surface area contributed by atoms with Crippen LogP contribution in [-0.4, -0.2) is 29.8 Å². The molecule has 1 aromatic heterocycles. The Hall–Kier alpha value is -1.21. The molecule has 0 amide bonds. The highest BCUT2D eigenvalue weighted by Crippen LogP contribution is 2.39. The second-order valence-electron chi connectivity index (χ2n) is 5.26. The van der Waals surface area contributed by atoms with Gasteiger partial charge in [0.1, 0.15) is 18.1 Å². The van der Waals surface area contributed by atoms with Crippen molar-refractivity contribution in [2.75, 3.05) is 20.3 Å². The van der Waals surface area contributed by atoms with Crippen molar-refractivity contribution >= 4 is 36.2 Å². The van der Waals surface area contributed by atoms with Crippen LogP contribution >= 0.6 is 36.2 Å². The van der Waals surface area contributed by atoms with Crippen molar-refractivity contribution < 1.29 is 9.47 Å². The first-order chi connectivity index (χ1) is 10.6. The van der Waals surface area contributed by atoms with E-state index >= 15 is 0 Å². The van der Waals surface area contributed by atoms with Crippen molar-refractivity contribution in [1.29, 1.82) is 0 Å². The SMILES string of the molecule is COc1cc(Cl)c2c(c1)C[C@@H](n1c(CCN)c[nH]c1=S)CO2.Cl. The van der Waals surface area contributed by atoms with E-state index in [0.29, 0.717) is 22.9 Å². The second kappa shape index (κ2) is 7.57. The fourth-order valence-electron chi connectivity index (χ4n) is 2.87. The van der Waals surface area contributed by atoms with E-state index in [1.807, 2.05) is 12.3 Å². The Balaban J connectivity index is 0.00000192. The molecule has 2 aromatic rings. The summed E-state index contributed by atoms with van der Waals surface area (Å²) < 4.78 is 13.9. The molecule has 0 spiro atoms. The van der Waals surface area contributed by atoms with Crippen molar-refractivity contribution in [2.45, 2.75) is 18.9 Å². The minimum Gasteiger partial charge on any atom is -0.497 e. The van der Waals surface area contributed by atoms with Crippen LogP contribution in [0.15, 0.2) is 18.3 Å². The van der Waals surface area contributed by atoms with Crippen LogP contribution in [0.5, 0.6) is 11.5 Å². The van der Waals surface area contributed by atoms with E-state index in [2.05, 4.69) is 9.55 Å². The standard InChI is InChI=1S/C15H18ClN3O2S.ClH/c1-20-12-5-9-4-11(8-21-14(9)13(16)6-12)19-10(2-3-17)7-18-15(19)22;/h5-7,11H,2-4,8,17H2,1H3,(H,18,22);1H/t11-;/m1./s1. The molecule has 126 valence electrons. The third kappa shape index (κ3) is 3.50. The molecule has 0 fully saturated rings. The van der Waals surface area contributed by atoms with Crippen LogP contribution in [-0.2, 0) is 12.8 Å². The number of ether oxygens (including phenoxy) is 2. The number of H-pyrrole nitrogens is 1. The number of nitrogens with two attached hydrogens (primary N) is 1. The van der Waals surface area contributed by atoms with Gasteiger partial charge in [-0.25, -0.2) is 0 Å². The third-order valence-electron chi connectivity index (χ3n) is 3.86. The maximum atomic E-state index is 6.26. The van der Waals surface area contributed by atoms with E-state index in [1.165, 1.54) is 0 Å². The first kappa shape index (κ1) is 18.1. The third-order valence-corrected chi connectivity index (χ3v) is 4.46. The monoisotopic (exact) mass is 375 g/mol. The highest BCUT2D eigenvalue weighted by Gasteiger charge is 2.26. The molecular formula is C15H19Cl2N3O2S. The minimum absolute atomic E-state index is 0. The van der Waals surface area contributed by atoms with Gasteiger partial charge in [0.05, 0.1) is 18.2 Å². The summed E-state index contributed by atoms with van der Waals surface area (Å²) in [5.74, 6) is 1.47. The number of methoxy groups -OCH3 is 1. The molecule has 0 saturated heterocycles. The number of hydrogen-bond acceptors (Lipinski definition) is 4. The van der Waals surface area contributed by atoms with Crippen LogP contribution < -0.4 is 15.2 Å². The summed E-state index contributed by atoms with van der Waals surface area (Å²) in [6.07, 6.45) is 3.48. The molecular weight excluding hydrogens is 357 g/mol. The van der Waals surface area contributed by atoms with Gasteiger partial charge in [-0.1, -0.05) is 11.6 Å². The van der Waals surface area contributed by atoms with Crippen LogP contribution in [0.25, 0.3) is 0 Å². The molecule has 5 nitrogen and oxygen atoms in total. The molecule has 3 N–H and O–H groups in total. The summed E-state index contributed by atoms with van der Waals surface area (Å²) >= 11 is 11.7. The average molecular weight is 376 g/mol. The van der Waals surface area contributed by atoms with Crippen molar-refractivity contribution in [2.24, 2.45) is 5.73 Å². The lowest BCUT2D eigenvalue weighted by molar-refractivity contribution is 0.220. The van der Waals surface area contributed by atoms with Gasteiger partial charge in [-0.2, -0.15) is 0 Å². The summed E-state index contributed by atoms with van der Waals surface area (Å²) in [5.41, 5.74) is 7.80. The van der Waals surface area contributed by atoms with Crippen LogP contribution in [0.2, 0.25) is 5.02 Å². The first-order valence-corrected chi connectivity index (χ1v) is 7.90. The number of nitrogens with zero attached hydrogens (tertiary/aromatic N) is 1. The number of rotatable bonds is 4. The lowest BCUT2D eigenvalue weighted by Crippen LogP contribution is -2.26. The van der Waals surface area contributed by atoms with Gasteiger partial charge in [-0.05, 0) is 24.8 Å². The molecule has 0 unspecified atom stereocenters. The Morgan fingerprint density at radius 2 is 2.30 bits per heavy atom. The molecule has 0 radical (unpaired) electrons. The lowest BCUT2D eigenvalue weighted by Gasteiger charge is -2.28. The van der Waals surface area contributed by atoms with Gasteiger partial charge >= 0.3 is 0 Å². The number of nitrogens with one attached hydrogen (secondary N) is 1. The molecule has 0 bridgehead atoms. The summed E-state index contributed by atoms with van der Waals surface area (Å²) in [7, 11) is 1.63.